The first kappa shape index (κ1) is 21.4. The Morgan fingerprint density at radius 3 is 2.60 bits per heavy atom. The van der Waals surface area contributed by atoms with E-state index in [0.717, 1.165) is 4.31 Å². The lowest BCUT2D eigenvalue weighted by Crippen LogP contribution is -2.35. The number of carboxylic acid groups (broad SMARTS) is 1. The molecule has 3 rings (SSSR count). The van der Waals surface area contributed by atoms with Crippen LogP contribution in [0.3, 0.4) is 0 Å². The van der Waals surface area contributed by atoms with Crippen molar-refractivity contribution in [3.05, 3.63) is 59.5 Å². The van der Waals surface area contributed by atoms with Crippen molar-refractivity contribution in [1.82, 2.24) is 14.3 Å². The molecule has 2 aromatic heterocycles. The van der Waals surface area contributed by atoms with Crippen molar-refractivity contribution < 1.29 is 18.3 Å². The summed E-state index contributed by atoms with van der Waals surface area (Å²) in [7, 11) is -4.20. The van der Waals surface area contributed by atoms with E-state index in [-0.39, 0.29) is 28.2 Å². The van der Waals surface area contributed by atoms with Crippen LogP contribution in [0.25, 0.3) is 10.8 Å². The normalized spacial score (nSPS) is 11.5. The van der Waals surface area contributed by atoms with Crippen LogP contribution < -0.4 is 11.5 Å². The predicted octanol–water partition coefficient (Wildman–Crippen LogP) is 1.46. The lowest BCUT2D eigenvalue weighted by atomic mass is 10.1. The number of carboxylic acids is 1. The third-order valence-electron chi connectivity index (χ3n) is 4.06. The lowest BCUT2D eigenvalue weighted by molar-refractivity contribution is -0.137. The third-order valence-corrected chi connectivity index (χ3v) is 6.14. The molecule has 0 saturated heterocycles. The summed E-state index contributed by atoms with van der Waals surface area (Å²) in [6.45, 7) is -0.904. The number of hydrogen-bond acceptors (Lipinski definition) is 6. The highest BCUT2D eigenvalue weighted by Crippen LogP contribution is 2.32. The Bertz CT molecular complexity index is 1230. The maximum atomic E-state index is 13.2. The molecule has 0 radical (unpaired) electrons. The first-order chi connectivity index (χ1) is 14.2. The summed E-state index contributed by atoms with van der Waals surface area (Å²) in [5.41, 5.74) is 11.4. The Morgan fingerprint density at radius 2 is 1.97 bits per heavy atom. The molecule has 1 aromatic carbocycles. The molecule has 0 aliphatic heterocycles. The average molecular weight is 449 g/mol. The van der Waals surface area contributed by atoms with Crippen molar-refractivity contribution in [2.75, 3.05) is 6.54 Å². The van der Waals surface area contributed by atoms with Crippen molar-refractivity contribution in [3.8, 4) is 0 Å². The van der Waals surface area contributed by atoms with Crippen LogP contribution in [0.5, 0.6) is 0 Å². The molecule has 0 fully saturated rings. The number of benzene rings is 1. The summed E-state index contributed by atoms with van der Waals surface area (Å²) in [5, 5.41) is 10.3. The van der Waals surface area contributed by atoms with Crippen molar-refractivity contribution in [2.45, 2.75) is 11.4 Å². The zero-order valence-corrected chi connectivity index (χ0v) is 17.0. The second-order valence-electron chi connectivity index (χ2n) is 6.20. The number of guanidine groups is 1. The predicted molar refractivity (Wildman–Crippen MR) is 112 cm³/mol. The van der Waals surface area contributed by atoms with Gasteiger partial charge in [0.1, 0.15) is 6.54 Å². The Hall–Kier alpha value is -3.28. The molecule has 10 nitrogen and oxygen atoms in total. The third kappa shape index (κ3) is 4.64. The fourth-order valence-electron chi connectivity index (χ4n) is 2.77. The van der Waals surface area contributed by atoms with Crippen LogP contribution in [0.2, 0.25) is 5.02 Å². The fourth-order valence-corrected chi connectivity index (χ4v) is 4.38. The van der Waals surface area contributed by atoms with Crippen molar-refractivity contribution in [2.24, 2.45) is 16.5 Å². The van der Waals surface area contributed by atoms with Crippen molar-refractivity contribution in [1.29, 1.82) is 0 Å². The van der Waals surface area contributed by atoms with Gasteiger partial charge in [0.05, 0.1) is 9.92 Å². The number of nitrogens with zero attached hydrogens (tertiary/aromatic N) is 4. The second kappa shape index (κ2) is 8.61. The van der Waals surface area contributed by atoms with Crippen LogP contribution in [0, 0.1) is 0 Å². The van der Waals surface area contributed by atoms with Gasteiger partial charge in [-0.25, -0.2) is 13.4 Å². The number of carbonyl (C=O) groups is 1. The van der Waals surface area contributed by atoms with E-state index in [1.54, 1.807) is 12.1 Å². The molecule has 0 bridgehead atoms. The number of aromatic nitrogens is 2. The van der Waals surface area contributed by atoms with E-state index >= 15 is 0 Å². The first-order valence-electron chi connectivity index (χ1n) is 8.47. The van der Waals surface area contributed by atoms with Crippen LogP contribution in [-0.4, -0.2) is 46.3 Å². The number of aliphatic imine (C=N–C) groups is 1. The van der Waals surface area contributed by atoms with E-state index in [0.29, 0.717) is 16.3 Å². The molecule has 3 aromatic rings. The summed E-state index contributed by atoms with van der Waals surface area (Å²) < 4.78 is 27.3. The summed E-state index contributed by atoms with van der Waals surface area (Å²) in [4.78, 5) is 23.0. The molecular weight excluding hydrogens is 432 g/mol. The van der Waals surface area contributed by atoms with Gasteiger partial charge in [-0.3, -0.25) is 9.78 Å². The second-order valence-corrected chi connectivity index (χ2v) is 8.55. The Kier molecular flexibility index (Phi) is 6.15. The van der Waals surface area contributed by atoms with E-state index in [9.17, 15) is 18.3 Å². The van der Waals surface area contributed by atoms with Crippen molar-refractivity contribution >= 4 is 50.1 Å². The molecule has 5 N–H and O–H groups in total. The fraction of sp³-hybridized carbons (Fsp3) is 0.111. The van der Waals surface area contributed by atoms with Crippen LogP contribution in [-0.2, 0) is 21.4 Å². The topological polar surface area (TPSA) is 165 Å². The minimum Gasteiger partial charge on any atom is -0.480 e. The van der Waals surface area contributed by atoms with Gasteiger partial charge in [0, 0.05) is 35.9 Å². The van der Waals surface area contributed by atoms with Gasteiger partial charge in [0.2, 0.25) is 10.0 Å². The number of sulfonamides is 1. The lowest BCUT2D eigenvalue weighted by Gasteiger charge is -2.20. The van der Waals surface area contributed by atoms with Crippen LogP contribution in [0.1, 0.15) is 5.56 Å². The van der Waals surface area contributed by atoms with Gasteiger partial charge in [-0.1, -0.05) is 23.7 Å². The zero-order chi connectivity index (χ0) is 21.9. The average Bonchev–Trinajstić information content (AvgIpc) is 2.69. The first-order valence-corrected chi connectivity index (χ1v) is 10.3. The summed E-state index contributed by atoms with van der Waals surface area (Å²) in [6, 6.07) is 7.41. The van der Waals surface area contributed by atoms with E-state index in [2.05, 4.69) is 15.0 Å². The SMILES string of the molecule is NC(N)=Nc1ncc(Cl)c2ccc(S(=O)(=O)N(CC(=O)O)Cc3cccnc3)cc12. The molecule has 2 heterocycles. The monoisotopic (exact) mass is 448 g/mol. The number of nitrogens with two attached hydrogens (primary N) is 2. The smallest absolute Gasteiger partial charge is 0.318 e. The standard InChI is InChI=1S/C18H17ClN6O4S/c19-15-8-23-17(24-18(20)21)14-6-12(3-4-13(14)15)30(28,29)25(10-16(26)27)9-11-2-1-5-22-7-11/h1-8H,9-10H2,(H,26,27)(H4,20,21,23,24). The number of hydrogen-bond donors (Lipinski definition) is 3. The van der Waals surface area contributed by atoms with Gasteiger partial charge in [0.15, 0.2) is 11.8 Å². The molecule has 0 aliphatic rings. The highest BCUT2D eigenvalue weighted by molar-refractivity contribution is 7.89. The van der Waals surface area contributed by atoms with E-state index in [1.807, 2.05) is 0 Å². The molecule has 0 spiro atoms. The molecule has 0 amide bonds. The summed E-state index contributed by atoms with van der Waals surface area (Å²) in [5.74, 6) is -1.47. The molecule has 30 heavy (non-hydrogen) atoms. The molecule has 0 atom stereocenters. The number of pyridine rings is 2. The minimum atomic E-state index is -4.20. The van der Waals surface area contributed by atoms with E-state index in [1.165, 1.54) is 36.8 Å². The largest absolute Gasteiger partial charge is 0.480 e. The maximum absolute atomic E-state index is 13.2. The number of fused-ring (bicyclic) bond motifs is 1. The molecule has 0 saturated carbocycles. The highest BCUT2D eigenvalue weighted by Gasteiger charge is 2.27. The zero-order valence-electron chi connectivity index (χ0n) is 15.4. The van der Waals surface area contributed by atoms with Gasteiger partial charge in [-0.15, -0.1) is 0 Å². The van der Waals surface area contributed by atoms with E-state index < -0.39 is 22.5 Å². The van der Waals surface area contributed by atoms with Gasteiger partial charge in [0.25, 0.3) is 0 Å². The van der Waals surface area contributed by atoms with Gasteiger partial charge in [-0.2, -0.15) is 9.30 Å². The number of rotatable bonds is 7. The summed E-state index contributed by atoms with van der Waals surface area (Å²) >= 11 is 6.15. The maximum Gasteiger partial charge on any atom is 0.318 e. The Balaban J connectivity index is 2.12. The Labute approximate surface area is 176 Å². The van der Waals surface area contributed by atoms with Gasteiger partial charge < -0.3 is 16.6 Å². The van der Waals surface area contributed by atoms with Crippen LogP contribution in [0.4, 0.5) is 5.82 Å². The quantitative estimate of drug-likeness (QED) is 0.361. The summed E-state index contributed by atoms with van der Waals surface area (Å²) in [6.07, 6.45) is 4.34. The van der Waals surface area contributed by atoms with E-state index in [4.69, 9.17) is 23.1 Å². The molecule has 156 valence electrons. The Morgan fingerprint density at radius 1 is 1.20 bits per heavy atom. The molecular formula is C18H17ClN6O4S. The van der Waals surface area contributed by atoms with Crippen LogP contribution >= 0.6 is 11.6 Å². The van der Waals surface area contributed by atoms with Crippen LogP contribution in [0.15, 0.2) is 58.8 Å². The molecule has 0 unspecified atom stereocenters. The van der Waals surface area contributed by atoms with Crippen molar-refractivity contribution in [3.63, 3.8) is 0 Å². The molecule has 12 heteroatoms. The highest BCUT2D eigenvalue weighted by atomic mass is 35.5. The van der Waals surface area contributed by atoms with Gasteiger partial charge >= 0.3 is 5.97 Å². The van der Waals surface area contributed by atoms with Gasteiger partial charge in [-0.05, 0) is 23.8 Å². The number of halogens is 1. The molecule has 0 aliphatic carbocycles. The number of aliphatic carboxylic acids is 1. The minimum absolute atomic E-state index is 0.0866.